The summed E-state index contributed by atoms with van der Waals surface area (Å²) in [6.07, 6.45) is 8.08. The highest BCUT2D eigenvalue weighted by Gasteiger charge is 2.29. The first kappa shape index (κ1) is 11.6. The standard InChI is InChI=1S/C12H22N4/c1-15(8-10-7-14-16(2)9-10)12(6-13)11-4-3-5-11/h7,9,11-12H,3-6,8,13H2,1-2H3. The van der Waals surface area contributed by atoms with Crippen LogP contribution in [-0.2, 0) is 13.6 Å². The van der Waals surface area contributed by atoms with Crippen molar-refractivity contribution < 1.29 is 0 Å². The van der Waals surface area contributed by atoms with E-state index in [4.69, 9.17) is 5.73 Å². The fraction of sp³-hybridized carbons (Fsp3) is 0.750. The lowest BCUT2D eigenvalue weighted by molar-refractivity contribution is 0.118. The summed E-state index contributed by atoms with van der Waals surface area (Å²) in [6.45, 7) is 1.72. The second-order valence-electron chi connectivity index (χ2n) is 4.93. The van der Waals surface area contributed by atoms with Crippen LogP contribution >= 0.6 is 0 Å². The maximum atomic E-state index is 5.88. The minimum Gasteiger partial charge on any atom is -0.329 e. The van der Waals surface area contributed by atoms with Crippen LogP contribution < -0.4 is 5.73 Å². The fourth-order valence-corrected chi connectivity index (χ4v) is 2.52. The van der Waals surface area contributed by atoms with Gasteiger partial charge in [0.15, 0.2) is 0 Å². The van der Waals surface area contributed by atoms with E-state index in [-0.39, 0.29) is 0 Å². The van der Waals surface area contributed by atoms with Crippen LogP contribution in [0, 0.1) is 5.92 Å². The number of rotatable bonds is 5. The molecule has 4 nitrogen and oxygen atoms in total. The second kappa shape index (κ2) is 4.97. The molecule has 90 valence electrons. The molecule has 0 radical (unpaired) electrons. The molecule has 0 amide bonds. The molecule has 2 rings (SSSR count). The second-order valence-corrected chi connectivity index (χ2v) is 4.93. The van der Waals surface area contributed by atoms with Gasteiger partial charge < -0.3 is 5.73 Å². The molecule has 16 heavy (non-hydrogen) atoms. The quantitative estimate of drug-likeness (QED) is 0.808. The summed E-state index contributed by atoms with van der Waals surface area (Å²) < 4.78 is 1.85. The molecule has 1 aliphatic rings. The number of aromatic nitrogens is 2. The van der Waals surface area contributed by atoms with Crippen molar-refractivity contribution in [2.24, 2.45) is 18.7 Å². The van der Waals surface area contributed by atoms with Crippen molar-refractivity contribution in [3.05, 3.63) is 18.0 Å². The van der Waals surface area contributed by atoms with E-state index in [1.54, 1.807) is 0 Å². The minimum atomic E-state index is 0.536. The van der Waals surface area contributed by atoms with Gasteiger partial charge in [-0.15, -0.1) is 0 Å². The summed E-state index contributed by atoms with van der Waals surface area (Å²) in [6, 6.07) is 0.536. The molecule has 2 N–H and O–H groups in total. The van der Waals surface area contributed by atoms with E-state index in [1.165, 1.54) is 24.8 Å². The van der Waals surface area contributed by atoms with Crippen LogP contribution in [0.5, 0.6) is 0 Å². The molecule has 0 spiro atoms. The normalized spacial score (nSPS) is 18.8. The topological polar surface area (TPSA) is 47.1 Å². The lowest BCUT2D eigenvalue weighted by Gasteiger charge is -2.38. The molecule has 1 fully saturated rings. The van der Waals surface area contributed by atoms with Crippen molar-refractivity contribution in [3.63, 3.8) is 0 Å². The van der Waals surface area contributed by atoms with E-state index in [0.717, 1.165) is 19.0 Å². The summed E-state index contributed by atoms with van der Waals surface area (Å²) in [5.74, 6) is 0.812. The molecule has 1 unspecified atom stereocenters. The van der Waals surface area contributed by atoms with Gasteiger partial charge in [0.2, 0.25) is 0 Å². The number of hydrogen-bond acceptors (Lipinski definition) is 3. The third-order valence-electron chi connectivity index (χ3n) is 3.69. The molecular weight excluding hydrogens is 200 g/mol. The first-order valence-electron chi connectivity index (χ1n) is 6.08. The van der Waals surface area contributed by atoms with Gasteiger partial charge in [0, 0.05) is 37.9 Å². The molecule has 1 saturated carbocycles. The van der Waals surface area contributed by atoms with E-state index in [2.05, 4.69) is 23.2 Å². The van der Waals surface area contributed by atoms with Crippen LogP contribution in [0.25, 0.3) is 0 Å². The van der Waals surface area contributed by atoms with E-state index in [1.807, 2.05) is 17.9 Å². The lowest BCUT2D eigenvalue weighted by Crippen LogP contribution is -2.45. The molecule has 1 atom stereocenters. The van der Waals surface area contributed by atoms with Crippen LogP contribution in [0.2, 0.25) is 0 Å². The largest absolute Gasteiger partial charge is 0.329 e. The molecule has 0 aromatic carbocycles. The van der Waals surface area contributed by atoms with Crippen LogP contribution in [0.4, 0.5) is 0 Å². The summed E-state index contributed by atoms with van der Waals surface area (Å²) in [7, 11) is 4.12. The summed E-state index contributed by atoms with van der Waals surface area (Å²) in [5.41, 5.74) is 7.15. The summed E-state index contributed by atoms with van der Waals surface area (Å²) >= 11 is 0. The Labute approximate surface area is 97.4 Å². The van der Waals surface area contributed by atoms with Gasteiger partial charge in [-0.05, 0) is 25.8 Å². The van der Waals surface area contributed by atoms with Gasteiger partial charge in [-0.3, -0.25) is 9.58 Å². The van der Waals surface area contributed by atoms with E-state index in [0.29, 0.717) is 6.04 Å². The molecule has 4 heteroatoms. The maximum Gasteiger partial charge on any atom is 0.0534 e. The predicted molar refractivity (Wildman–Crippen MR) is 64.9 cm³/mol. The number of aryl methyl sites for hydroxylation is 1. The van der Waals surface area contributed by atoms with E-state index < -0.39 is 0 Å². The fourth-order valence-electron chi connectivity index (χ4n) is 2.52. The third kappa shape index (κ3) is 2.44. The summed E-state index contributed by atoms with van der Waals surface area (Å²) in [5, 5.41) is 4.19. The average Bonchev–Trinajstić information content (AvgIpc) is 2.56. The Morgan fingerprint density at radius 3 is 2.81 bits per heavy atom. The predicted octanol–water partition coefficient (Wildman–Crippen LogP) is 0.979. The van der Waals surface area contributed by atoms with Crippen molar-refractivity contribution in [2.45, 2.75) is 31.8 Å². The van der Waals surface area contributed by atoms with Crippen LogP contribution in [0.15, 0.2) is 12.4 Å². The monoisotopic (exact) mass is 222 g/mol. The third-order valence-corrected chi connectivity index (χ3v) is 3.69. The summed E-state index contributed by atoms with van der Waals surface area (Å²) in [4.78, 5) is 2.38. The molecule has 0 aliphatic heterocycles. The van der Waals surface area contributed by atoms with Gasteiger partial charge in [0.05, 0.1) is 6.20 Å². The molecule has 1 aliphatic carbocycles. The van der Waals surface area contributed by atoms with Crippen molar-refractivity contribution in [3.8, 4) is 0 Å². The average molecular weight is 222 g/mol. The highest BCUT2D eigenvalue weighted by Crippen LogP contribution is 2.31. The van der Waals surface area contributed by atoms with Crippen LogP contribution in [0.1, 0.15) is 24.8 Å². The van der Waals surface area contributed by atoms with Gasteiger partial charge in [-0.1, -0.05) is 6.42 Å². The lowest BCUT2D eigenvalue weighted by atomic mass is 9.79. The Hall–Kier alpha value is -0.870. The van der Waals surface area contributed by atoms with Gasteiger partial charge in [-0.25, -0.2) is 0 Å². The number of nitrogens with two attached hydrogens (primary N) is 1. The highest BCUT2D eigenvalue weighted by atomic mass is 15.2. The van der Waals surface area contributed by atoms with Crippen molar-refractivity contribution in [1.29, 1.82) is 0 Å². The molecule has 0 saturated heterocycles. The van der Waals surface area contributed by atoms with E-state index in [9.17, 15) is 0 Å². The van der Waals surface area contributed by atoms with Crippen molar-refractivity contribution in [1.82, 2.24) is 14.7 Å². The molecule has 1 aromatic rings. The zero-order valence-corrected chi connectivity index (χ0v) is 10.3. The SMILES string of the molecule is CN(Cc1cnn(C)c1)C(CN)C1CCC1. The number of likely N-dealkylation sites (N-methyl/N-ethyl adjacent to an activating group) is 1. The number of nitrogens with zero attached hydrogens (tertiary/aromatic N) is 3. The first-order chi connectivity index (χ1) is 7.70. The zero-order valence-electron chi connectivity index (χ0n) is 10.3. The Bertz CT molecular complexity index is 330. The smallest absolute Gasteiger partial charge is 0.0534 e. The maximum absolute atomic E-state index is 5.88. The van der Waals surface area contributed by atoms with Gasteiger partial charge >= 0.3 is 0 Å². The number of hydrogen-bond donors (Lipinski definition) is 1. The molecule has 0 bridgehead atoms. The van der Waals surface area contributed by atoms with Gasteiger partial charge in [0.1, 0.15) is 0 Å². The van der Waals surface area contributed by atoms with Crippen molar-refractivity contribution >= 4 is 0 Å². The molecule has 1 aromatic heterocycles. The van der Waals surface area contributed by atoms with Gasteiger partial charge in [0.25, 0.3) is 0 Å². The molecule has 1 heterocycles. The first-order valence-corrected chi connectivity index (χ1v) is 6.08. The van der Waals surface area contributed by atoms with Crippen molar-refractivity contribution in [2.75, 3.05) is 13.6 Å². The van der Waals surface area contributed by atoms with Crippen LogP contribution in [0.3, 0.4) is 0 Å². The Morgan fingerprint density at radius 1 is 1.62 bits per heavy atom. The molecular formula is C12H22N4. The highest BCUT2D eigenvalue weighted by molar-refractivity contribution is 5.03. The van der Waals surface area contributed by atoms with Gasteiger partial charge in [-0.2, -0.15) is 5.10 Å². The Morgan fingerprint density at radius 2 is 2.38 bits per heavy atom. The van der Waals surface area contributed by atoms with Crippen LogP contribution in [-0.4, -0.2) is 34.3 Å². The van der Waals surface area contributed by atoms with E-state index >= 15 is 0 Å². The Kier molecular flexibility index (Phi) is 3.61. The zero-order chi connectivity index (χ0) is 11.5. The Balaban J connectivity index is 1.92. The minimum absolute atomic E-state index is 0.536.